The number of rotatable bonds is 68. The quantitative estimate of drug-likeness (QED) is 0.0261. The van der Waals surface area contributed by atoms with Crippen molar-refractivity contribution < 1.29 is 28.6 Å². The van der Waals surface area contributed by atoms with Gasteiger partial charge in [-0.25, -0.2) is 0 Å². The van der Waals surface area contributed by atoms with Gasteiger partial charge in [-0.2, -0.15) is 0 Å². The minimum atomic E-state index is -0.786. The zero-order valence-electron chi connectivity index (χ0n) is 55.3. The van der Waals surface area contributed by atoms with Crippen molar-refractivity contribution in [3.63, 3.8) is 0 Å². The molecule has 0 aliphatic carbocycles. The summed E-state index contributed by atoms with van der Waals surface area (Å²) in [5.74, 6) is -0.888. The van der Waals surface area contributed by atoms with E-state index in [9.17, 15) is 14.4 Å². The summed E-state index contributed by atoms with van der Waals surface area (Å²) in [7, 11) is 0. The molecule has 0 rings (SSSR count). The van der Waals surface area contributed by atoms with E-state index in [-0.39, 0.29) is 31.1 Å². The fraction of sp³-hybridized carbons (Fsp3) is 0.855. The molecule has 1 atom stereocenters. The number of allylic oxidation sites excluding steroid dienone is 8. The van der Waals surface area contributed by atoms with Crippen LogP contribution in [0.25, 0.3) is 0 Å². The lowest BCUT2D eigenvalue weighted by Crippen LogP contribution is -2.30. The van der Waals surface area contributed by atoms with Gasteiger partial charge in [0.15, 0.2) is 6.10 Å². The number of carbonyl (C=O) groups is 3. The lowest BCUT2D eigenvalue weighted by atomic mass is 10.0. The van der Waals surface area contributed by atoms with Crippen molar-refractivity contribution in [2.45, 2.75) is 406 Å². The summed E-state index contributed by atoms with van der Waals surface area (Å²) in [6.07, 6.45) is 90.3. The molecular weight excluding hydrogens is 1010 g/mol. The van der Waals surface area contributed by atoms with Gasteiger partial charge in [-0.1, -0.05) is 352 Å². The zero-order valence-corrected chi connectivity index (χ0v) is 55.3. The fourth-order valence-corrected chi connectivity index (χ4v) is 11.1. The highest BCUT2D eigenvalue weighted by Crippen LogP contribution is 2.19. The molecule has 0 amide bonds. The van der Waals surface area contributed by atoms with Crippen molar-refractivity contribution in [2.24, 2.45) is 0 Å². The van der Waals surface area contributed by atoms with Crippen LogP contribution in [0.1, 0.15) is 400 Å². The average Bonchev–Trinajstić information content (AvgIpc) is 3.47. The van der Waals surface area contributed by atoms with E-state index in [4.69, 9.17) is 14.2 Å². The monoisotopic (exact) mass is 1150 g/mol. The van der Waals surface area contributed by atoms with E-state index < -0.39 is 6.10 Å². The van der Waals surface area contributed by atoms with Gasteiger partial charge in [-0.3, -0.25) is 14.4 Å². The van der Waals surface area contributed by atoms with Crippen LogP contribution in [0.5, 0.6) is 0 Å². The number of esters is 3. The van der Waals surface area contributed by atoms with Crippen molar-refractivity contribution in [3.05, 3.63) is 48.6 Å². The molecule has 1 unspecified atom stereocenters. The van der Waals surface area contributed by atoms with E-state index in [1.807, 2.05) is 0 Å². The van der Waals surface area contributed by atoms with E-state index in [1.54, 1.807) is 0 Å². The Morgan fingerprint density at radius 1 is 0.256 bits per heavy atom. The summed E-state index contributed by atoms with van der Waals surface area (Å²) in [4.78, 5) is 38.4. The molecule has 0 radical (unpaired) electrons. The highest BCUT2D eigenvalue weighted by atomic mass is 16.6. The minimum Gasteiger partial charge on any atom is -0.462 e. The molecule has 6 nitrogen and oxygen atoms in total. The summed E-state index contributed by atoms with van der Waals surface area (Å²) < 4.78 is 17.0. The van der Waals surface area contributed by atoms with Crippen LogP contribution < -0.4 is 0 Å². The summed E-state index contributed by atoms with van der Waals surface area (Å²) >= 11 is 0. The first-order chi connectivity index (χ1) is 40.5. The third-order valence-corrected chi connectivity index (χ3v) is 16.6. The highest BCUT2D eigenvalue weighted by Gasteiger charge is 2.19. The SMILES string of the molecule is CC/C=C\C/C=C\C/C=C\CCCCCC(=O)OCC(COC(=O)CCCCCCCCCCCCCCCCCCCCCCCCCCCCCCCCCC)OC(=O)CCCCCCCCCCC/C=C\CCCCCCCC. The van der Waals surface area contributed by atoms with Crippen molar-refractivity contribution in [3.8, 4) is 0 Å². The van der Waals surface area contributed by atoms with Crippen LogP contribution in [-0.4, -0.2) is 37.2 Å². The molecule has 0 heterocycles. The number of ether oxygens (including phenoxy) is 3. The van der Waals surface area contributed by atoms with Gasteiger partial charge in [0.2, 0.25) is 0 Å². The van der Waals surface area contributed by atoms with Gasteiger partial charge in [0.1, 0.15) is 13.2 Å². The molecule has 0 saturated carbocycles. The van der Waals surface area contributed by atoms with Crippen LogP contribution in [0, 0.1) is 0 Å². The van der Waals surface area contributed by atoms with Crippen LogP contribution in [-0.2, 0) is 28.6 Å². The molecule has 0 N–H and O–H groups in total. The predicted octanol–water partition coefficient (Wildman–Crippen LogP) is 25.3. The maximum atomic E-state index is 12.9. The summed E-state index contributed by atoms with van der Waals surface area (Å²) in [6, 6.07) is 0. The Morgan fingerprint density at radius 2 is 0.476 bits per heavy atom. The molecule has 0 aliphatic heterocycles. The molecule has 0 bridgehead atoms. The van der Waals surface area contributed by atoms with Gasteiger partial charge in [0, 0.05) is 19.3 Å². The van der Waals surface area contributed by atoms with Gasteiger partial charge in [-0.15, -0.1) is 0 Å². The van der Waals surface area contributed by atoms with E-state index in [1.165, 1.54) is 276 Å². The van der Waals surface area contributed by atoms with E-state index >= 15 is 0 Å². The molecule has 0 aliphatic rings. The molecule has 480 valence electrons. The Bertz CT molecular complexity index is 1410. The van der Waals surface area contributed by atoms with Crippen LogP contribution in [0.4, 0.5) is 0 Å². The lowest BCUT2D eigenvalue weighted by Gasteiger charge is -2.18. The molecule has 0 aromatic heterocycles. The zero-order chi connectivity index (χ0) is 59.2. The highest BCUT2D eigenvalue weighted by molar-refractivity contribution is 5.71. The summed E-state index contributed by atoms with van der Waals surface area (Å²) in [6.45, 7) is 6.56. The largest absolute Gasteiger partial charge is 0.462 e. The first kappa shape index (κ1) is 79.4. The molecule has 6 heteroatoms. The van der Waals surface area contributed by atoms with E-state index in [2.05, 4.69) is 69.4 Å². The van der Waals surface area contributed by atoms with Crippen molar-refractivity contribution in [1.82, 2.24) is 0 Å². The topological polar surface area (TPSA) is 78.9 Å². The second kappa shape index (κ2) is 70.9. The molecule has 0 aromatic rings. The molecule has 0 aromatic carbocycles. The Labute approximate surface area is 511 Å². The summed E-state index contributed by atoms with van der Waals surface area (Å²) in [5, 5.41) is 0. The number of unbranched alkanes of at least 4 members (excludes halogenated alkanes) is 49. The normalized spacial score (nSPS) is 12.3. The Hall–Kier alpha value is -2.63. The first-order valence-corrected chi connectivity index (χ1v) is 36.6. The third kappa shape index (κ3) is 68.2. The molecule has 0 fully saturated rings. The summed E-state index contributed by atoms with van der Waals surface area (Å²) in [5.41, 5.74) is 0. The predicted molar refractivity (Wildman–Crippen MR) is 358 cm³/mol. The van der Waals surface area contributed by atoms with Crippen LogP contribution in [0.15, 0.2) is 48.6 Å². The third-order valence-electron chi connectivity index (χ3n) is 16.6. The Balaban J connectivity index is 4.14. The second-order valence-electron chi connectivity index (χ2n) is 24.8. The van der Waals surface area contributed by atoms with Crippen LogP contribution in [0.3, 0.4) is 0 Å². The van der Waals surface area contributed by atoms with Crippen molar-refractivity contribution in [2.75, 3.05) is 13.2 Å². The molecule has 0 saturated heterocycles. The Morgan fingerprint density at radius 3 is 0.768 bits per heavy atom. The average molecular weight is 1150 g/mol. The van der Waals surface area contributed by atoms with Gasteiger partial charge in [0.25, 0.3) is 0 Å². The lowest BCUT2D eigenvalue weighted by molar-refractivity contribution is -0.167. The van der Waals surface area contributed by atoms with Gasteiger partial charge >= 0.3 is 17.9 Å². The van der Waals surface area contributed by atoms with E-state index in [0.717, 1.165) is 83.5 Å². The van der Waals surface area contributed by atoms with Gasteiger partial charge in [-0.05, 0) is 77.0 Å². The van der Waals surface area contributed by atoms with Crippen LogP contribution >= 0.6 is 0 Å². The van der Waals surface area contributed by atoms with E-state index in [0.29, 0.717) is 19.3 Å². The van der Waals surface area contributed by atoms with Crippen molar-refractivity contribution in [1.29, 1.82) is 0 Å². The number of carbonyl (C=O) groups excluding carboxylic acids is 3. The standard InChI is InChI=1S/C76H140O6/c1-4-7-10-13-16-19-22-25-27-29-31-32-33-34-35-36-37-38-39-40-41-42-43-45-46-48-51-54-57-60-63-66-69-75(78)81-72-73(71-80-74(77)68-65-62-59-56-53-50-24-21-18-15-12-9-6-3)82-76(79)70-67-64-61-58-55-52-49-47-44-30-28-26-23-20-17-14-11-8-5-2/h9,12,18,21,26,28,50,53,73H,4-8,10-11,13-17,19-20,22-25,27,29-49,51-52,54-72H2,1-3H3/b12-9-,21-18-,28-26-,53-50-. The molecule has 82 heavy (non-hydrogen) atoms. The second-order valence-corrected chi connectivity index (χ2v) is 24.8. The van der Waals surface area contributed by atoms with Crippen molar-refractivity contribution >= 4 is 17.9 Å². The minimum absolute atomic E-state index is 0.0794. The number of hydrogen-bond acceptors (Lipinski definition) is 6. The maximum absolute atomic E-state index is 12.9. The number of hydrogen-bond donors (Lipinski definition) is 0. The van der Waals surface area contributed by atoms with Gasteiger partial charge in [0.05, 0.1) is 0 Å². The maximum Gasteiger partial charge on any atom is 0.306 e. The smallest absolute Gasteiger partial charge is 0.306 e. The van der Waals surface area contributed by atoms with Crippen LogP contribution in [0.2, 0.25) is 0 Å². The molecule has 0 spiro atoms. The fourth-order valence-electron chi connectivity index (χ4n) is 11.1. The molecular formula is C76H140O6. The van der Waals surface area contributed by atoms with Gasteiger partial charge < -0.3 is 14.2 Å². The first-order valence-electron chi connectivity index (χ1n) is 36.6. The Kier molecular flexibility index (Phi) is 68.6.